The van der Waals surface area contributed by atoms with Gasteiger partial charge in [-0.25, -0.2) is 0 Å². The van der Waals surface area contributed by atoms with Gasteiger partial charge in [-0.1, -0.05) is 6.92 Å². The van der Waals surface area contributed by atoms with Crippen LogP contribution < -0.4 is 5.32 Å². The van der Waals surface area contributed by atoms with Crippen molar-refractivity contribution in [2.24, 2.45) is 0 Å². The molecule has 4 heteroatoms. The normalized spacial score (nSPS) is 18.4. The molecule has 1 aliphatic heterocycles. The number of hydrogen-bond donors (Lipinski definition) is 1. The van der Waals surface area contributed by atoms with E-state index in [9.17, 15) is 0 Å². The minimum atomic E-state index is 0.995. The van der Waals surface area contributed by atoms with Crippen molar-refractivity contribution in [1.82, 2.24) is 15.1 Å². The Labute approximate surface area is 115 Å². The van der Waals surface area contributed by atoms with E-state index in [2.05, 4.69) is 35.0 Å². The van der Waals surface area contributed by atoms with E-state index >= 15 is 0 Å². The standard InChI is InChI=1S/C14H25N3S/c1-4-16-5-7-17(8-6-16)11-13-9-14(10-15-3)18-12(13)2/h9,15H,4-8,10-11H2,1-3H3. The Bertz CT molecular complexity index is 367. The number of likely N-dealkylation sites (N-methyl/N-ethyl adjacent to an activating group) is 1. The van der Waals surface area contributed by atoms with Crippen molar-refractivity contribution in [3.8, 4) is 0 Å². The van der Waals surface area contributed by atoms with E-state index in [0.29, 0.717) is 0 Å². The molecule has 0 unspecified atom stereocenters. The Morgan fingerprint density at radius 2 is 1.89 bits per heavy atom. The fourth-order valence-corrected chi connectivity index (χ4v) is 3.58. The summed E-state index contributed by atoms with van der Waals surface area (Å²) >= 11 is 1.93. The molecule has 2 heterocycles. The van der Waals surface area contributed by atoms with Gasteiger partial charge in [-0.2, -0.15) is 0 Å². The quantitative estimate of drug-likeness (QED) is 0.879. The van der Waals surface area contributed by atoms with Crippen molar-refractivity contribution >= 4 is 11.3 Å². The lowest BCUT2D eigenvalue weighted by Crippen LogP contribution is -2.45. The third-order valence-electron chi connectivity index (χ3n) is 3.73. The smallest absolute Gasteiger partial charge is 0.0296 e. The molecule has 2 rings (SSSR count). The van der Waals surface area contributed by atoms with Crippen LogP contribution in [0, 0.1) is 6.92 Å². The van der Waals surface area contributed by atoms with Crippen LogP contribution in [0.1, 0.15) is 22.2 Å². The Kier molecular flexibility index (Phi) is 5.18. The molecule has 1 fully saturated rings. The molecule has 0 aromatic carbocycles. The van der Waals surface area contributed by atoms with Crippen LogP contribution in [0.3, 0.4) is 0 Å². The number of thiophene rings is 1. The largest absolute Gasteiger partial charge is 0.315 e. The fourth-order valence-electron chi connectivity index (χ4n) is 2.51. The lowest BCUT2D eigenvalue weighted by Gasteiger charge is -2.33. The highest BCUT2D eigenvalue weighted by Crippen LogP contribution is 2.23. The van der Waals surface area contributed by atoms with Gasteiger partial charge in [0.05, 0.1) is 0 Å². The summed E-state index contributed by atoms with van der Waals surface area (Å²) in [4.78, 5) is 8.06. The van der Waals surface area contributed by atoms with Gasteiger partial charge in [0.1, 0.15) is 0 Å². The summed E-state index contributed by atoms with van der Waals surface area (Å²) in [6.07, 6.45) is 0. The van der Waals surface area contributed by atoms with E-state index in [1.807, 2.05) is 18.4 Å². The van der Waals surface area contributed by atoms with Crippen molar-refractivity contribution in [2.75, 3.05) is 39.8 Å². The lowest BCUT2D eigenvalue weighted by atomic mass is 10.2. The van der Waals surface area contributed by atoms with E-state index in [0.717, 1.165) is 13.1 Å². The third-order valence-corrected chi connectivity index (χ3v) is 4.82. The van der Waals surface area contributed by atoms with E-state index in [1.54, 1.807) is 0 Å². The van der Waals surface area contributed by atoms with Crippen molar-refractivity contribution in [2.45, 2.75) is 26.9 Å². The molecule has 102 valence electrons. The van der Waals surface area contributed by atoms with Crippen molar-refractivity contribution in [3.63, 3.8) is 0 Å². The molecule has 1 aliphatic rings. The molecule has 0 amide bonds. The summed E-state index contributed by atoms with van der Waals surface area (Å²) in [5, 5.41) is 3.23. The van der Waals surface area contributed by atoms with Gasteiger partial charge in [0.15, 0.2) is 0 Å². The van der Waals surface area contributed by atoms with E-state index in [4.69, 9.17) is 0 Å². The molecule has 1 N–H and O–H groups in total. The van der Waals surface area contributed by atoms with Gasteiger partial charge in [-0.05, 0) is 32.1 Å². The molecule has 0 atom stereocenters. The minimum Gasteiger partial charge on any atom is -0.315 e. The van der Waals surface area contributed by atoms with Crippen LogP contribution in [0.25, 0.3) is 0 Å². The summed E-state index contributed by atoms with van der Waals surface area (Å²) in [6, 6.07) is 2.38. The van der Waals surface area contributed by atoms with Crippen LogP contribution in [-0.2, 0) is 13.1 Å². The Hall–Kier alpha value is -0.420. The first-order valence-corrected chi connectivity index (χ1v) is 7.72. The van der Waals surface area contributed by atoms with Crippen LogP contribution in [0.2, 0.25) is 0 Å². The highest BCUT2D eigenvalue weighted by Gasteiger charge is 2.17. The van der Waals surface area contributed by atoms with E-state index in [-0.39, 0.29) is 0 Å². The zero-order chi connectivity index (χ0) is 13.0. The summed E-state index contributed by atoms with van der Waals surface area (Å²) in [5.41, 5.74) is 1.52. The maximum atomic E-state index is 3.23. The number of nitrogens with zero attached hydrogens (tertiary/aromatic N) is 2. The lowest BCUT2D eigenvalue weighted by molar-refractivity contribution is 0.132. The third kappa shape index (κ3) is 3.54. The van der Waals surface area contributed by atoms with Crippen LogP contribution >= 0.6 is 11.3 Å². The summed E-state index contributed by atoms with van der Waals surface area (Å²) < 4.78 is 0. The average Bonchev–Trinajstić information content (AvgIpc) is 2.71. The first kappa shape index (κ1) is 14.0. The second-order valence-corrected chi connectivity index (χ2v) is 6.38. The Morgan fingerprint density at radius 1 is 1.22 bits per heavy atom. The van der Waals surface area contributed by atoms with Gasteiger partial charge in [0, 0.05) is 49.0 Å². The Morgan fingerprint density at radius 3 is 2.50 bits per heavy atom. The number of nitrogens with one attached hydrogen (secondary N) is 1. The number of piperazine rings is 1. The van der Waals surface area contributed by atoms with Gasteiger partial charge in [0.2, 0.25) is 0 Å². The zero-order valence-electron chi connectivity index (χ0n) is 11.8. The van der Waals surface area contributed by atoms with Crippen LogP contribution in [0.5, 0.6) is 0 Å². The summed E-state index contributed by atoms with van der Waals surface area (Å²) in [6.45, 7) is 12.7. The molecule has 0 spiro atoms. The monoisotopic (exact) mass is 267 g/mol. The molecular weight excluding hydrogens is 242 g/mol. The molecule has 3 nitrogen and oxygen atoms in total. The molecule has 0 bridgehead atoms. The first-order chi connectivity index (χ1) is 8.72. The zero-order valence-corrected chi connectivity index (χ0v) is 12.6. The predicted molar refractivity (Wildman–Crippen MR) is 79.2 cm³/mol. The predicted octanol–water partition coefficient (Wildman–Crippen LogP) is 1.91. The average molecular weight is 267 g/mol. The highest BCUT2D eigenvalue weighted by molar-refractivity contribution is 7.12. The van der Waals surface area contributed by atoms with Gasteiger partial charge in [-0.15, -0.1) is 11.3 Å². The van der Waals surface area contributed by atoms with Gasteiger partial charge in [0.25, 0.3) is 0 Å². The molecule has 1 aromatic rings. The number of hydrogen-bond acceptors (Lipinski definition) is 4. The molecule has 1 saturated heterocycles. The summed E-state index contributed by atoms with van der Waals surface area (Å²) in [5.74, 6) is 0. The van der Waals surface area contributed by atoms with Gasteiger partial charge in [-0.3, -0.25) is 4.90 Å². The molecule has 18 heavy (non-hydrogen) atoms. The van der Waals surface area contributed by atoms with Crippen LogP contribution in [-0.4, -0.2) is 49.6 Å². The number of aryl methyl sites for hydroxylation is 1. The van der Waals surface area contributed by atoms with Gasteiger partial charge >= 0.3 is 0 Å². The topological polar surface area (TPSA) is 18.5 Å². The maximum Gasteiger partial charge on any atom is 0.0296 e. The minimum absolute atomic E-state index is 0.995. The SMILES string of the molecule is CCN1CCN(Cc2cc(CNC)sc2C)CC1. The van der Waals surface area contributed by atoms with Crippen molar-refractivity contribution in [3.05, 3.63) is 21.4 Å². The van der Waals surface area contributed by atoms with E-state index < -0.39 is 0 Å². The van der Waals surface area contributed by atoms with Crippen LogP contribution in [0.15, 0.2) is 6.07 Å². The molecule has 0 saturated carbocycles. The maximum absolute atomic E-state index is 3.23. The highest BCUT2D eigenvalue weighted by atomic mass is 32.1. The van der Waals surface area contributed by atoms with Crippen molar-refractivity contribution < 1.29 is 0 Å². The molecule has 0 radical (unpaired) electrons. The Balaban J connectivity index is 1.89. The number of rotatable bonds is 5. The first-order valence-electron chi connectivity index (χ1n) is 6.90. The van der Waals surface area contributed by atoms with Crippen molar-refractivity contribution in [1.29, 1.82) is 0 Å². The molecule has 1 aromatic heterocycles. The summed E-state index contributed by atoms with van der Waals surface area (Å²) in [7, 11) is 2.01. The van der Waals surface area contributed by atoms with E-state index in [1.165, 1.54) is 48.0 Å². The van der Waals surface area contributed by atoms with Gasteiger partial charge < -0.3 is 10.2 Å². The fraction of sp³-hybridized carbons (Fsp3) is 0.714. The molecular formula is C14H25N3S. The van der Waals surface area contributed by atoms with Crippen LogP contribution in [0.4, 0.5) is 0 Å². The second-order valence-electron chi connectivity index (χ2n) is 5.03. The second kappa shape index (κ2) is 6.66. The molecule has 0 aliphatic carbocycles.